The van der Waals surface area contributed by atoms with Crippen molar-refractivity contribution in [2.75, 3.05) is 13.1 Å². The first kappa shape index (κ1) is 24.4. The Hall–Kier alpha value is -3.27. The van der Waals surface area contributed by atoms with E-state index in [0.29, 0.717) is 18.5 Å². The zero-order chi connectivity index (χ0) is 24.2. The van der Waals surface area contributed by atoms with E-state index in [-0.39, 0.29) is 33.2 Å². The van der Waals surface area contributed by atoms with Gasteiger partial charge in [-0.25, -0.2) is 12.8 Å². The second-order valence-corrected chi connectivity index (χ2v) is 9.62. The van der Waals surface area contributed by atoms with Crippen molar-refractivity contribution in [3.05, 3.63) is 88.7 Å². The molecule has 5 N–H and O–H groups in total. The number of carbonyl (C=O) groups is 1. The molecule has 0 saturated heterocycles. The third-order valence-corrected chi connectivity index (χ3v) is 6.99. The van der Waals surface area contributed by atoms with Crippen LogP contribution in [0.25, 0.3) is 0 Å². The van der Waals surface area contributed by atoms with E-state index in [1.165, 1.54) is 43.3 Å². The van der Waals surface area contributed by atoms with Crippen molar-refractivity contribution in [2.45, 2.75) is 29.2 Å². The molecule has 1 atom stereocenters. The van der Waals surface area contributed by atoms with Gasteiger partial charge in [0.15, 0.2) is 0 Å². The molecule has 0 spiro atoms. The Kier molecular flexibility index (Phi) is 7.47. The molecule has 7 nitrogen and oxygen atoms in total. The van der Waals surface area contributed by atoms with Crippen LogP contribution < -0.4 is 11.1 Å². The minimum absolute atomic E-state index is 0.0428. The standard InChI is InChI=1S/C24H25FN2O5S/c1-15-11-20(13-21(23(15)29)24(26)30)33(31,32)19-7-5-16(6-8-19)9-10-27-14-22(28)17-3-2-4-18(25)12-17/h2-8,11-13,22,27-29H,9-10,14H2,1H3,(H2,26,30)/t22-/m0/s1. The Labute approximate surface area is 191 Å². The maximum atomic E-state index is 13.2. The number of nitrogens with two attached hydrogens (primary N) is 1. The third kappa shape index (κ3) is 5.75. The number of aryl methyl sites for hydroxylation is 1. The van der Waals surface area contributed by atoms with E-state index >= 15 is 0 Å². The molecule has 0 radical (unpaired) electrons. The summed E-state index contributed by atoms with van der Waals surface area (Å²) in [7, 11) is -3.92. The fourth-order valence-corrected chi connectivity index (χ4v) is 4.74. The predicted octanol–water partition coefficient (Wildman–Crippen LogP) is 2.64. The molecule has 0 aromatic heterocycles. The summed E-state index contributed by atoms with van der Waals surface area (Å²) in [6, 6.07) is 14.5. The maximum absolute atomic E-state index is 13.2. The Balaban J connectivity index is 1.63. The van der Waals surface area contributed by atoms with Crippen molar-refractivity contribution in [1.29, 1.82) is 0 Å². The van der Waals surface area contributed by atoms with Gasteiger partial charge in [0.25, 0.3) is 5.91 Å². The van der Waals surface area contributed by atoms with Crippen LogP contribution in [0.15, 0.2) is 70.5 Å². The average Bonchev–Trinajstić information content (AvgIpc) is 2.78. The molecule has 0 bridgehead atoms. The van der Waals surface area contributed by atoms with Gasteiger partial charge in [0.1, 0.15) is 11.6 Å². The summed E-state index contributed by atoms with van der Waals surface area (Å²) in [5.74, 6) is -1.67. The van der Waals surface area contributed by atoms with Crippen molar-refractivity contribution < 1.29 is 27.8 Å². The molecule has 1 amide bonds. The fraction of sp³-hybridized carbons (Fsp3) is 0.208. The van der Waals surface area contributed by atoms with E-state index in [0.717, 1.165) is 11.6 Å². The van der Waals surface area contributed by atoms with E-state index in [9.17, 15) is 27.8 Å². The lowest BCUT2D eigenvalue weighted by Crippen LogP contribution is -2.23. The van der Waals surface area contributed by atoms with Crippen LogP contribution in [0.2, 0.25) is 0 Å². The quantitative estimate of drug-likeness (QED) is 0.354. The van der Waals surface area contributed by atoms with Gasteiger partial charge >= 0.3 is 0 Å². The molecule has 0 heterocycles. The Morgan fingerprint density at radius 3 is 2.42 bits per heavy atom. The highest BCUT2D eigenvalue weighted by molar-refractivity contribution is 7.91. The number of hydrogen-bond acceptors (Lipinski definition) is 6. The van der Waals surface area contributed by atoms with Crippen LogP contribution in [0.1, 0.15) is 33.2 Å². The van der Waals surface area contributed by atoms with Crippen molar-refractivity contribution in [3.8, 4) is 5.75 Å². The van der Waals surface area contributed by atoms with Crippen molar-refractivity contribution in [3.63, 3.8) is 0 Å². The highest BCUT2D eigenvalue weighted by atomic mass is 32.2. The second kappa shape index (κ2) is 10.1. The van der Waals surface area contributed by atoms with Crippen molar-refractivity contribution in [1.82, 2.24) is 5.32 Å². The van der Waals surface area contributed by atoms with Gasteiger partial charge in [0.05, 0.1) is 21.5 Å². The van der Waals surface area contributed by atoms with E-state index in [1.54, 1.807) is 18.2 Å². The smallest absolute Gasteiger partial charge is 0.252 e. The van der Waals surface area contributed by atoms with Gasteiger partial charge in [-0.2, -0.15) is 0 Å². The number of amides is 1. The molecule has 3 aromatic carbocycles. The topological polar surface area (TPSA) is 130 Å². The number of aliphatic hydroxyl groups excluding tert-OH is 1. The van der Waals surface area contributed by atoms with Crippen LogP contribution >= 0.6 is 0 Å². The molecule has 33 heavy (non-hydrogen) atoms. The lowest BCUT2D eigenvalue weighted by Gasteiger charge is -2.13. The molecule has 0 aliphatic carbocycles. The van der Waals surface area contributed by atoms with Crippen LogP contribution in [-0.4, -0.2) is 37.6 Å². The number of halogens is 1. The SMILES string of the molecule is Cc1cc(S(=O)(=O)c2ccc(CCNC[C@H](O)c3cccc(F)c3)cc2)cc(C(N)=O)c1O. The molecule has 9 heteroatoms. The Morgan fingerprint density at radius 1 is 1.09 bits per heavy atom. The van der Waals surface area contributed by atoms with Gasteiger partial charge < -0.3 is 21.3 Å². The molecule has 0 unspecified atom stereocenters. The molecule has 0 fully saturated rings. The van der Waals surface area contributed by atoms with Crippen LogP contribution in [-0.2, 0) is 16.3 Å². The summed E-state index contributed by atoms with van der Waals surface area (Å²) < 4.78 is 39.2. The first-order valence-electron chi connectivity index (χ1n) is 10.2. The molecule has 3 aromatic rings. The van der Waals surface area contributed by atoms with E-state index in [1.807, 2.05) is 0 Å². The number of carbonyl (C=O) groups excluding carboxylic acids is 1. The third-order valence-electron chi connectivity index (χ3n) is 5.25. The minimum atomic E-state index is -3.92. The lowest BCUT2D eigenvalue weighted by atomic mass is 10.1. The van der Waals surface area contributed by atoms with E-state index in [4.69, 9.17) is 5.73 Å². The summed E-state index contributed by atoms with van der Waals surface area (Å²) in [5.41, 5.74) is 6.58. The molecule has 0 aliphatic rings. The van der Waals surface area contributed by atoms with Gasteiger partial charge in [-0.15, -0.1) is 0 Å². The van der Waals surface area contributed by atoms with Gasteiger partial charge in [-0.3, -0.25) is 4.79 Å². The fourth-order valence-electron chi connectivity index (χ4n) is 3.36. The largest absolute Gasteiger partial charge is 0.507 e. The summed E-state index contributed by atoms with van der Waals surface area (Å²) in [6.45, 7) is 2.26. The first-order valence-corrected chi connectivity index (χ1v) is 11.7. The molecule has 0 aliphatic heterocycles. The van der Waals surface area contributed by atoms with Crippen LogP contribution in [0.3, 0.4) is 0 Å². The van der Waals surface area contributed by atoms with Crippen LogP contribution in [0, 0.1) is 12.7 Å². The number of aromatic hydroxyl groups is 1. The number of primary amides is 1. The van der Waals surface area contributed by atoms with Gasteiger partial charge in [0.2, 0.25) is 9.84 Å². The zero-order valence-corrected chi connectivity index (χ0v) is 18.8. The summed E-state index contributed by atoms with van der Waals surface area (Å²) in [4.78, 5) is 11.4. The normalized spacial score (nSPS) is 12.5. The highest BCUT2D eigenvalue weighted by Crippen LogP contribution is 2.29. The Morgan fingerprint density at radius 2 is 1.79 bits per heavy atom. The minimum Gasteiger partial charge on any atom is -0.507 e. The number of hydrogen-bond donors (Lipinski definition) is 4. The van der Waals surface area contributed by atoms with Crippen LogP contribution in [0.4, 0.5) is 4.39 Å². The van der Waals surface area contributed by atoms with Crippen molar-refractivity contribution in [2.24, 2.45) is 5.73 Å². The number of benzene rings is 3. The zero-order valence-electron chi connectivity index (χ0n) is 18.0. The number of sulfone groups is 1. The number of rotatable bonds is 9. The number of phenols is 1. The molecular weight excluding hydrogens is 447 g/mol. The van der Waals surface area contributed by atoms with Gasteiger partial charge in [0, 0.05) is 6.54 Å². The molecule has 0 saturated carbocycles. The predicted molar refractivity (Wildman–Crippen MR) is 121 cm³/mol. The maximum Gasteiger partial charge on any atom is 0.252 e. The average molecular weight is 473 g/mol. The summed E-state index contributed by atoms with van der Waals surface area (Å²) >= 11 is 0. The highest BCUT2D eigenvalue weighted by Gasteiger charge is 2.22. The monoisotopic (exact) mass is 472 g/mol. The van der Waals surface area contributed by atoms with Gasteiger partial charge in [-0.1, -0.05) is 24.3 Å². The van der Waals surface area contributed by atoms with E-state index in [2.05, 4.69) is 5.32 Å². The van der Waals surface area contributed by atoms with Crippen molar-refractivity contribution >= 4 is 15.7 Å². The number of nitrogens with one attached hydrogen (secondary N) is 1. The van der Waals surface area contributed by atoms with Crippen LogP contribution in [0.5, 0.6) is 5.75 Å². The molecular formula is C24H25FN2O5S. The first-order chi connectivity index (χ1) is 15.6. The molecule has 174 valence electrons. The molecule has 3 rings (SSSR count). The second-order valence-electron chi connectivity index (χ2n) is 7.67. The number of aliphatic hydroxyl groups is 1. The summed E-state index contributed by atoms with van der Waals surface area (Å²) in [6.07, 6.45) is -0.257. The van der Waals surface area contributed by atoms with Gasteiger partial charge in [-0.05, 0) is 73.0 Å². The van der Waals surface area contributed by atoms with E-state index < -0.39 is 27.7 Å². The summed E-state index contributed by atoms with van der Waals surface area (Å²) in [5, 5.41) is 23.2. The lowest BCUT2D eigenvalue weighted by molar-refractivity contribution is 0.0997. The Bertz CT molecular complexity index is 1260.